The zero-order valence-electron chi connectivity index (χ0n) is 9.74. The highest BCUT2D eigenvalue weighted by molar-refractivity contribution is 5.92. The van der Waals surface area contributed by atoms with Crippen molar-refractivity contribution in [1.29, 1.82) is 0 Å². The molecule has 1 atom stereocenters. The van der Waals surface area contributed by atoms with Gasteiger partial charge >= 0.3 is 0 Å². The van der Waals surface area contributed by atoms with E-state index in [4.69, 9.17) is 17.2 Å². The van der Waals surface area contributed by atoms with Crippen LogP contribution in [0.5, 0.6) is 0 Å². The van der Waals surface area contributed by atoms with E-state index in [1.165, 1.54) is 0 Å². The highest BCUT2D eigenvalue weighted by Crippen LogP contribution is 2.10. The van der Waals surface area contributed by atoms with E-state index in [1.807, 2.05) is 0 Å². The molecular weight excluding hydrogens is 190 g/mol. The number of nitrogens with zero attached hydrogens (tertiary/aromatic N) is 2. The summed E-state index contributed by atoms with van der Waals surface area (Å²) >= 11 is 0. The Balaban J connectivity index is 4.29. The fourth-order valence-corrected chi connectivity index (χ4v) is 1.39. The molecule has 88 valence electrons. The lowest BCUT2D eigenvalue weighted by molar-refractivity contribution is 0.536. The van der Waals surface area contributed by atoms with Gasteiger partial charge in [0.05, 0.1) is 6.04 Å². The molecule has 0 aromatic rings. The molecule has 0 aromatic carbocycles. The van der Waals surface area contributed by atoms with Gasteiger partial charge in [-0.3, -0.25) is 0 Å². The van der Waals surface area contributed by atoms with Gasteiger partial charge in [-0.05, 0) is 12.8 Å². The van der Waals surface area contributed by atoms with Gasteiger partial charge < -0.3 is 17.2 Å². The molecule has 15 heavy (non-hydrogen) atoms. The summed E-state index contributed by atoms with van der Waals surface area (Å²) in [4.78, 5) is 8.00. The van der Waals surface area contributed by atoms with Crippen LogP contribution >= 0.6 is 0 Å². The molecule has 0 aliphatic carbocycles. The van der Waals surface area contributed by atoms with E-state index < -0.39 is 0 Å². The third-order valence-electron chi connectivity index (χ3n) is 2.07. The van der Waals surface area contributed by atoms with Crippen molar-refractivity contribution in [1.82, 2.24) is 0 Å². The average molecular weight is 213 g/mol. The molecule has 0 fully saturated rings. The van der Waals surface area contributed by atoms with E-state index in [9.17, 15) is 0 Å². The summed E-state index contributed by atoms with van der Waals surface area (Å²) in [5, 5.41) is 0. The molecule has 5 heteroatoms. The summed E-state index contributed by atoms with van der Waals surface area (Å²) in [5.74, 6) is 0.145. The fourth-order valence-electron chi connectivity index (χ4n) is 1.39. The second-order valence-electron chi connectivity index (χ2n) is 3.61. The molecule has 0 saturated heterocycles. The maximum Gasteiger partial charge on any atom is 0.218 e. The van der Waals surface area contributed by atoms with Crippen molar-refractivity contribution in [2.75, 3.05) is 0 Å². The SMILES string of the molecule is CCCCC(CCC)N=C(N)N=C(N)N. The maximum atomic E-state index is 5.58. The van der Waals surface area contributed by atoms with Crippen LogP contribution in [0.1, 0.15) is 46.0 Å². The zero-order chi connectivity index (χ0) is 11.7. The first-order chi connectivity index (χ1) is 7.10. The summed E-state index contributed by atoms with van der Waals surface area (Å²) in [7, 11) is 0. The van der Waals surface area contributed by atoms with Crippen molar-refractivity contribution in [3.63, 3.8) is 0 Å². The number of unbranched alkanes of at least 4 members (excludes halogenated alkanes) is 1. The molecule has 0 amide bonds. The summed E-state index contributed by atoms with van der Waals surface area (Å²) < 4.78 is 0. The maximum absolute atomic E-state index is 5.58. The molecule has 0 aliphatic heterocycles. The van der Waals surface area contributed by atoms with Gasteiger partial charge in [0.25, 0.3) is 0 Å². The van der Waals surface area contributed by atoms with Crippen molar-refractivity contribution in [2.24, 2.45) is 27.2 Å². The molecule has 0 aliphatic rings. The van der Waals surface area contributed by atoms with Gasteiger partial charge in [0.2, 0.25) is 5.96 Å². The molecule has 0 spiro atoms. The van der Waals surface area contributed by atoms with Gasteiger partial charge in [-0.25, -0.2) is 4.99 Å². The zero-order valence-corrected chi connectivity index (χ0v) is 9.74. The summed E-state index contributed by atoms with van der Waals surface area (Å²) in [6, 6.07) is 0.248. The van der Waals surface area contributed by atoms with Gasteiger partial charge in [-0.2, -0.15) is 4.99 Å². The van der Waals surface area contributed by atoms with Crippen molar-refractivity contribution in [2.45, 2.75) is 52.0 Å². The summed E-state index contributed by atoms with van der Waals surface area (Å²) in [6.45, 7) is 4.29. The van der Waals surface area contributed by atoms with Crippen LogP contribution < -0.4 is 17.2 Å². The van der Waals surface area contributed by atoms with Crippen LogP contribution in [0.3, 0.4) is 0 Å². The van der Waals surface area contributed by atoms with E-state index in [0.717, 1.165) is 32.1 Å². The number of hydrogen-bond donors (Lipinski definition) is 3. The van der Waals surface area contributed by atoms with Gasteiger partial charge in [-0.1, -0.05) is 33.1 Å². The third-order valence-corrected chi connectivity index (χ3v) is 2.07. The lowest BCUT2D eigenvalue weighted by Crippen LogP contribution is -2.27. The number of guanidine groups is 2. The summed E-state index contributed by atoms with van der Waals surface area (Å²) in [5.41, 5.74) is 16.0. The second-order valence-corrected chi connectivity index (χ2v) is 3.61. The molecule has 6 N–H and O–H groups in total. The molecule has 0 aromatic heterocycles. The van der Waals surface area contributed by atoms with Gasteiger partial charge in [0.15, 0.2) is 5.96 Å². The first kappa shape index (κ1) is 13.7. The van der Waals surface area contributed by atoms with E-state index in [1.54, 1.807) is 0 Å². The van der Waals surface area contributed by atoms with Gasteiger partial charge in [0, 0.05) is 0 Å². The number of nitrogens with two attached hydrogens (primary N) is 3. The predicted molar refractivity (Wildman–Crippen MR) is 65.7 cm³/mol. The first-order valence-electron chi connectivity index (χ1n) is 5.53. The molecule has 5 nitrogen and oxygen atoms in total. The quantitative estimate of drug-likeness (QED) is 0.451. The lowest BCUT2D eigenvalue weighted by Gasteiger charge is -2.10. The van der Waals surface area contributed by atoms with Crippen LogP contribution in [-0.2, 0) is 0 Å². The molecule has 0 heterocycles. The smallest absolute Gasteiger partial charge is 0.218 e. The molecule has 1 unspecified atom stereocenters. The van der Waals surface area contributed by atoms with Crippen LogP contribution in [0.25, 0.3) is 0 Å². The fraction of sp³-hybridized carbons (Fsp3) is 0.800. The number of aliphatic imine (C=N–C) groups is 2. The first-order valence-corrected chi connectivity index (χ1v) is 5.53. The largest absolute Gasteiger partial charge is 0.370 e. The van der Waals surface area contributed by atoms with Gasteiger partial charge in [-0.15, -0.1) is 0 Å². The minimum Gasteiger partial charge on any atom is -0.370 e. The minimum absolute atomic E-state index is 0.0398. The molecule has 0 radical (unpaired) electrons. The van der Waals surface area contributed by atoms with Crippen LogP contribution in [0.4, 0.5) is 0 Å². The standard InChI is InChI=1S/C10H23N5/c1-3-5-7-8(6-4-2)14-10(13)15-9(11)12/h8H,3-7H2,1-2H3,(H6,11,12,13,14,15). The predicted octanol–water partition coefficient (Wildman–Crippen LogP) is 0.933. The average Bonchev–Trinajstić information content (AvgIpc) is 2.13. The molecule has 0 bridgehead atoms. The van der Waals surface area contributed by atoms with Crippen LogP contribution in [0.15, 0.2) is 9.98 Å². The topological polar surface area (TPSA) is 103 Å². The Hall–Kier alpha value is -1.26. The van der Waals surface area contributed by atoms with Crippen molar-refractivity contribution >= 4 is 11.9 Å². The van der Waals surface area contributed by atoms with Gasteiger partial charge in [0.1, 0.15) is 0 Å². The monoisotopic (exact) mass is 213 g/mol. The van der Waals surface area contributed by atoms with E-state index in [0.29, 0.717) is 0 Å². The molecule has 0 saturated carbocycles. The highest BCUT2D eigenvalue weighted by Gasteiger charge is 2.05. The van der Waals surface area contributed by atoms with Crippen molar-refractivity contribution < 1.29 is 0 Å². The Bertz CT molecular complexity index is 218. The van der Waals surface area contributed by atoms with Crippen LogP contribution in [-0.4, -0.2) is 18.0 Å². The van der Waals surface area contributed by atoms with Crippen molar-refractivity contribution in [3.05, 3.63) is 0 Å². The Kier molecular flexibility index (Phi) is 7.40. The third kappa shape index (κ3) is 7.78. The Morgan fingerprint density at radius 1 is 1.07 bits per heavy atom. The summed E-state index contributed by atoms with van der Waals surface area (Å²) in [6.07, 6.45) is 5.49. The second kappa shape index (κ2) is 8.08. The van der Waals surface area contributed by atoms with Crippen LogP contribution in [0, 0.1) is 0 Å². The lowest BCUT2D eigenvalue weighted by atomic mass is 10.1. The molecular formula is C10H23N5. The van der Waals surface area contributed by atoms with E-state index in [-0.39, 0.29) is 18.0 Å². The van der Waals surface area contributed by atoms with Crippen LogP contribution in [0.2, 0.25) is 0 Å². The molecule has 0 rings (SSSR count). The normalized spacial score (nSPS) is 13.6. The number of hydrogen-bond acceptors (Lipinski definition) is 1. The Morgan fingerprint density at radius 3 is 2.20 bits per heavy atom. The highest BCUT2D eigenvalue weighted by atomic mass is 15.1. The van der Waals surface area contributed by atoms with Crippen molar-refractivity contribution in [3.8, 4) is 0 Å². The van der Waals surface area contributed by atoms with E-state index >= 15 is 0 Å². The number of rotatable bonds is 6. The Morgan fingerprint density at radius 2 is 1.73 bits per heavy atom. The minimum atomic E-state index is -0.0398. The van der Waals surface area contributed by atoms with E-state index in [2.05, 4.69) is 23.8 Å². The Labute approximate surface area is 91.8 Å².